The van der Waals surface area contributed by atoms with Crippen molar-refractivity contribution in [1.29, 1.82) is 5.26 Å². The van der Waals surface area contributed by atoms with Crippen LogP contribution in [-0.4, -0.2) is 25.7 Å². The number of nitriles is 1. The van der Waals surface area contributed by atoms with Gasteiger partial charge in [0.05, 0.1) is 23.5 Å². The number of aromatic nitrogens is 3. The summed E-state index contributed by atoms with van der Waals surface area (Å²) in [5, 5.41) is 18.4. The van der Waals surface area contributed by atoms with Crippen LogP contribution in [0.25, 0.3) is 10.9 Å². The monoisotopic (exact) mass is 416 g/mol. The Hall–Kier alpha value is -3.11. The van der Waals surface area contributed by atoms with Crippen molar-refractivity contribution in [2.45, 2.75) is 64.7 Å². The van der Waals surface area contributed by atoms with Gasteiger partial charge in [-0.05, 0) is 56.0 Å². The molecule has 2 N–H and O–H groups in total. The molecule has 31 heavy (non-hydrogen) atoms. The first-order valence-electron chi connectivity index (χ1n) is 11.2. The number of pyridine rings is 1. The molecule has 0 saturated heterocycles. The van der Waals surface area contributed by atoms with E-state index in [1.54, 1.807) is 6.20 Å². The molecule has 2 atom stereocenters. The molecule has 1 aromatic carbocycles. The third kappa shape index (κ3) is 3.51. The number of benzene rings is 1. The highest BCUT2D eigenvalue weighted by Crippen LogP contribution is 2.37. The van der Waals surface area contributed by atoms with Gasteiger partial charge in [-0.3, -0.25) is 14.4 Å². The summed E-state index contributed by atoms with van der Waals surface area (Å²) in [7, 11) is 0. The van der Waals surface area contributed by atoms with E-state index in [1.165, 1.54) is 11.1 Å². The zero-order chi connectivity index (χ0) is 21.5. The molecule has 0 spiro atoms. The van der Waals surface area contributed by atoms with E-state index in [4.69, 9.17) is 5.10 Å². The highest BCUT2D eigenvalue weighted by atomic mass is 16.1. The van der Waals surface area contributed by atoms with Gasteiger partial charge >= 0.3 is 0 Å². The van der Waals surface area contributed by atoms with Crippen LogP contribution in [0, 0.1) is 17.2 Å². The molecule has 7 heteroatoms. The number of hydrogen-bond donors (Lipinski definition) is 2. The number of H-pyrrole nitrogens is 1. The number of fused-ring (bicyclic) bond motifs is 2. The molecule has 0 bridgehead atoms. The molecule has 3 heterocycles. The molecule has 1 fully saturated rings. The summed E-state index contributed by atoms with van der Waals surface area (Å²) in [6, 6.07) is 11.2. The third-order valence-electron chi connectivity index (χ3n) is 6.79. The zero-order valence-corrected chi connectivity index (χ0v) is 18.1. The summed E-state index contributed by atoms with van der Waals surface area (Å²) >= 11 is 0. The van der Waals surface area contributed by atoms with Gasteiger partial charge in [-0.25, -0.2) is 0 Å². The van der Waals surface area contributed by atoms with Crippen molar-refractivity contribution in [3.05, 3.63) is 51.9 Å². The van der Waals surface area contributed by atoms with Crippen molar-refractivity contribution in [2.75, 3.05) is 5.32 Å². The Kier molecular flexibility index (Phi) is 5.03. The zero-order valence-electron chi connectivity index (χ0n) is 18.1. The molecule has 2 aromatic heterocycles. The molecular weight excluding hydrogens is 388 g/mol. The largest absolute Gasteiger partial charge is 0.338 e. The lowest BCUT2D eigenvalue weighted by atomic mass is 9.85. The van der Waals surface area contributed by atoms with Crippen LogP contribution in [0.2, 0.25) is 0 Å². The minimum atomic E-state index is -0.164. The molecule has 160 valence electrons. The summed E-state index contributed by atoms with van der Waals surface area (Å²) in [4.78, 5) is 17.9. The maximum atomic E-state index is 12.7. The van der Waals surface area contributed by atoms with Gasteiger partial charge in [0, 0.05) is 31.0 Å². The third-order valence-corrected chi connectivity index (χ3v) is 6.79. The van der Waals surface area contributed by atoms with Crippen LogP contribution in [0.5, 0.6) is 0 Å². The molecule has 2 aliphatic rings. The topological polar surface area (TPSA) is 89.7 Å². The number of nitrogens with zero attached hydrogens (tertiary/aromatic N) is 4. The second kappa shape index (κ2) is 7.86. The van der Waals surface area contributed by atoms with Gasteiger partial charge in [-0.1, -0.05) is 18.9 Å². The van der Waals surface area contributed by atoms with Crippen LogP contribution in [0.15, 0.2) is 35.3 Å². The first kappa shape index (κ1) is 19.8. The summed E-state index contributed by atoms with van der Waals surface area (Å²) in [5.74, 6) is 0.476. The highest BCUT2D eigenvalue weighted by molar-refractivity contribution is 5.91. The van der Waals surface area contributed by atoms with Gasteiger partial charge in [-0.15, -0.1) is 0 Å². The van der Waals surface area contributed by atoms with Gasteiger partial charge in [0.1, 0.15) is 5.39 Å². The van der Waals surface area contributed by atoms with Crippen molar-refractivity contribution in [3.63, 3.8) is 0 Å². The van der Waals surface area contributed by atoms with E-state index in [1.807, 2.05) is 10.7 Å². The van der Waals surface area contributed by atoms with Crippen LogP contribution in [0.4, 0.5) is 11.5 Å². The summed E-state index contributed by atoms with van der Waals surface area (Å²) < 4.78 is 1.91. The van der Waals surface area contributed by atoms with Crippen LogP contribution in [0.1, 0.15) is 56.7 Å². The second-order valence-corrected chi connectivity index (χ2v) is 9.05. The Bertz CT molecular complexity index is 1220. The lowest BCUT2D eigenvalue weighted by Gasteiger charge is -2.27. The number of nitrogens with one attached hydrogen (secondary N) is 2. The minimum Gasteiger partial charge on any atom is -0.338 e. The van der Waals surface area contributed by atoms with E-state index in [0.717, 1.165) is 50.0 Å². The molecule has 3 aromatic rings. The number of rotatable bonds is 4. The molecule has 1 saturated carbocycles. The van der Waals surface area contributed by atoms with Crippen molar-refractivity contribution < 1.29 is 0 Å². The van der Waals surface area contributed by atoms with Crippen LogP contribution >= 0.6 is 0 Å². The smallest absolute Gasteiger partial charge is 0.261 e. The van der Waals surface area contributed by atoms with Gasteiger partial charge in [0.25, 0.3) is 5.56 Å². The van der Waals surface area contributed by atoms with E-state index in [-0.39, 0.29) is 17.5 Å². The number of anilines is 2. The number of aromatic amines is 1. The maximum absolute atomic E-state index is 12.7. The first-order chi connectivity index (χ1) is 15.0. The van der Waals surface area contributed by atoms with Crippen LogP contribution in [-0.2, 0) is 13.1 Å². The van der Waals surface area contributed by atoms with Crippen molar-refractivity contribution >= 4 is 22.4 Å². The van der Waals surface area contributed by atoms with Gasteiger partial charge in [0.2, 0.25) is 0 Å². The SMILES string of the molecule is CC(C)N1Cc2ccc(Nc3nn([C@H]4CCCC[C@@H]4C#N)c4cc[nH]c(=O)c34)cc2C1. The average molecular weight is 417 g/mol. The fourth-order valence-electron chi connectivity index (χ4n) is 4.99. The molecule has 1 aliphatic heterocycles. The highest BCUT2D eigenvalue weighted by Gasteiger charge is 2.30. The molecule has 5 rings (SSSR count). The Morgan fingerprint density at radius 1 is 1.19 bits per heavy atom. The van der Waals surface area contributed by atoms with Gasteiger partial charge in [-0.2, -0.15) is 10.4 Å². The van der Waals surface area contributed by atoms with Crippen molar-refractivity contribution in [1.82, 2.24) is 19.7 Å². The van der Waals surface area contributed by atoms with Gasteiger partial charge < -0.3 is 10.3 Å². The molecule has 1 aliphatic carbocycles. The second-order valence-electron chi connectivity index (χ2n) is 9.05. The predicted molar refractivity (Wildman–Crippen MR) is 121 cm³/mol. The van der Waals surface area contributed by atoms with Crippen molar-refractivity contribution in [3.8, 4) is 6.07 Å². The first-order valence-corrected chi connectivity index (χ1v) is 11.2. The lowest BCUT2D eigenvalue weighted by Crippen LogP contribution is -2.24. The fourth-order valence-corrected chi connectivity index (χ4v) is 4.99. The van der Waals surface area contributed by atoms with E-state index in [0.29, 0.717) is 17.2 Å². The Morgan fingerprint density at radius 2 is 2.00 bits per heavy atom. The standard InChI is InChI=1S/C24H28N6O/c1-15(2)29-13-17-7-8-19(11-18(17)14-29)27-23-22-21(9-10-26-24(22)31)30(28-23)20-6-4-3-5-16(20)12-25/h7-11,15-16,20H,3-6,13-14H2,1-2H3,(H,26,31)(H,27,28)/t16-,20+/m1/s1. The maximum Gasteiger partial charge on any atom is 0.261 e. The quantitative estimate of drug-likeness (QED) is 0.656. The van der Waals surface area contributed by atoms with E-state index < -0.39 is 0 Å². The van der Waals surface area contributed by atoms with E-state index in [2.05, 4.69) is 53.3 Å². The van der Waals surface area contributed by atoms with E-state index in [9.17, 15) is 10.1 Å². The fraction of sp³-hybridized carbons (Fsp3) is 0.458. The molecule has 7 nitrogen and oxygen atoms in total. The number of hydrogen-bond acceptors (Lipinski definition) is 5. The normalized spacial score (nSPS) is 21.4. The molecule has 0 unspecified atom stereocenters. The van der Waals surface area contributed by atoms with Crippen LogP contribution in [0.3, 0.4) is 0 Å². The Balaban J connectivity index is 1.52. The van der Waals surface area contributed by atoms with E-state index >= 15 is 0 Å². The summed E-state index contributed by atoms with van der Waals surface area (Å²) in [6.45, 7) is 6.34. The average Bonchev–Trinajstić information content (AvgIpc) is 3.36. The van der Waals surface area contributed by atoms with Crippen LogP contribution < -0.4 is 10.9 Å². The molecule has 0 amide bonds. The molecular formula is C24H28N6O. The van der Waals surface area contributed by atoms with Crippen molar-refractivity contribution in [2.24, 2.45) is 5.92 Å². The summed E-state index contributed by atoms with van der Waals surface area (Å²) in [6.07, 6.45) is 5.60. The lowest BCUT2D eigenvalue weighted by molar-refractivity contribution is 0.227. The summed E-state index contributed by atoms with van der Waals surface area (Å²) in [5.41, 5.74) is 4.22. The molecule has 0 radical (unpaired) electrons. The van der Waals surface area contributed by atoms with Gasteiger partial charge in [0.15, 0.2) is 5.82 Å². The predicted octanol–water partition coefficient (Wildman–Crippen LogP) is 4.45. The Morgan fingerprint density at radius 3 is 2.81 bits per heavy atom. The minimum absolute atomic E-state index is 0.00165. The Labute approximate surface area is 181 Å².